The number of carbonyl (C=O) groups excluding carboxylic acids is 2. The van der Waals surface area contributed by atoms with Gasteiger partial charge in [-0.25, -0.2) is 4.79 Å². The van der Waals surface area contributed by atoms with Crippen molar-refractivity contribution in [3.8, 4) is 5.75 Å². The van der Waals surface area contributed by atoms with E-state index in [1.54, 1.807) is 30.3 Å². The Morgan fingerprint density at radius 3 is 2.38 bits per heavy atom. The van der Waals surface area contributed by atoms with E-state index in [2.05, 4.69) is 22.8 Å². The Kier molecular flexibility index (Phi) is 8.69. The van der Waals surface area contributed by atoms with Crippen LogP contribution in [-0.4, -0.2) is 31.6 Å². The molecule has 0 heterocycles. The summed E-state index contributed by atoms with van der Waals surface area (Å²) in [7, 11) is 0. The first-order valence-electron chi connectivity index (χ1n) is 10.7. The van der Waals surface area contributed by atoms with Gasteiger partial charge in [0.05, 0.1) is 25.3 Å². The minimum atomic E-state index is -0.345. The molecular weight excluding hydrogens is 404 g/mol. The van der Waals surface area contributed by atoms with Gasteiger partial charge < -0.3 is 20.1 Å². The normalized spacial score (nSPS) is 10.3. The number of rotatable bonds is 11. The molecule has 0 spiro atoms. The summed E-state index contributed by atoms with van der Waals surface area (Å²) in [6.45, 7) is 3.00. The topological polar surface area (TPSA) is 76.7 Å². The summed E-state index contributed by atoms with van der Waals surface area (Å²) in [5.74, 6) is 0.178. The maximum absolute atomic E-state index is 12.3. The smallest absolute Gasteiger partial charge is 0.338 e. The second kappa shape index (κ2) is 12.2. The molecule has 0 radical (unpaired) electrons. The highest BCUT2D eigenvalue weighted by Crippen LogP contribution is 2.18. The van der Waals surface area contributed by atoms with Gasteiger partial charge in [-0.3, -0.25) is 4.79 Å². The molecule has 0 saturated heterocycles. The third-order valence-electron chi connectivity index (χ3n) is 4.63. The molecule has 0 aromatic heterocycles. The van der Waals surface area contributed by atoms with Crippen LogP contribution in [0.25, 0.3) is 0 Å². The molecule has 0 aliphatic rings. The zero-order chi connectivity index (χ0) is 22.6. The molecule has 0 fully saturated rings. The fourth-order valence-corrected chi connectivity index (χ4v) is 2.98. The zero-order valence-corrected chi connectivity index (χ0v) is 18.2. The molecule has 1 amide bonds. The number of hydrogen-bond donors (Lipinski definition) is 2. The van der Waals surface area contributed by atoms with Crippen LogP contribution in [0.15, 0.2) is 78.9 Å². The maximum atomic E-state index is 12.3. The lowest BCUT2D eigenvalue weighted by atomic mass is 10.2. The second-order valence-corrected chi connectivity index (χ2v) is 7.23. The van der Waals surface area contributed by atoms with Crippen molar-refractivity contribution in [3.05, 3.63) is 90.0 Å². The SMILES string of the molecule is CCCOC(=O)c1ccc(NCC(=O)Nc2cccc(OCCc3ccccc3)c2)cc1. The quantitative estimate of drug-likeness (QED) is 0.420. The number of anilines is 2. The van der Waals surface area contributed by atoms with Gasteiger partial charge in [-0.1, -0.05) is 43.3 Å². The highest BCUT2D eigenvalue weighted by Gasteiger charge is 2.07. The molecule has 0 atom stereocenters. The summed E-state index contributed by atoms with van der Waals surface area (Å²) in [5.41, 5.74) is 3.11. The molecule has 3 aromatic carbocycles. The van der Waals surface area contributed by atoms with Gasteiger partial charge in [0.1, 0.15) is 5.75 Å². The van der Waals surface area contributed by atoms with Crippen LogP contribution in [0.1, 0.15) is 29.3 Å². The van der Waals surface area contributed by atoms with Crippen LogP contribution < -0.4 is 15.4 Å². The maximum Gasteiger partial charge on any atom is 0.338 e. The van der Waals surface area contributed by atoms with E-state index < -0.39 is 0 Å². The van der Waals surface area contributed by atoms with E-state index in [0.29, 0.717) is 30.2 Å². The standard InChI is InChI=1S/C26H28N2O4/c1-2-16-32-26(30)21-11-13-22(14-12-21)27-19-25(29)28-23-9-6-10-24(18-23)31-17-15-20-7-4-3-5-8-20/h3-14,18,27H,2,15-17,19H2,1H3,(H,28,29). The summed E-state index contributed by atoms with van der Waals surface area (Å²) in [6.07, 6.45) is 1.60. The first-order valence-corrected chi connectivity index (χ1v) is 10.7. The van der Waals surface area contributed by atoms with Gasteiger partial charge >= 0.3 is 5.97 Å². The van der Waals surface area contributed by atoms with Crippen molar-refractivity contribution in [1.82, 2.24) is 0 Å². The van der Waals surface area contributed by atoms with Gasteiger partial charge in [0.25, 0.3) is 0 Å². The Labute approximate surface area is 188 Å². The number of nitrogens with one attached hydrogen (secondary N) is 2. The number of hydrogen-bond acceptors (Lipinski definition) is 5. The molecular formula is C26H28N2O4. The van der Waals surface area contributed by atoms with Gasteiger partial charge in [0.2, 0.25) is 5.91 Å². The van der Waals surface area contributed by atoms with Crippen molar-refractivity contribution in [2.24, 2.45) is 0 Å². The van der Waals surface area contributed by atoms with E-state index in [9.17, 15) is 9.59 Å². The summed E-state index contributed by atoms with van der Waals surface area (Å²) in [6, 6.07) is 24.3. The molecule has 0 bridgehead atoms. The van der Waals surface area contributed by atoms with Crippen LogP contribution in [0.5, 0.6) is 5.75 Å². The van der Waals surface area contributed by atoms with Crippen molar-refractivity contribution in [2.75, 3.05) is 30.4 Å². The predicted octanol–water partition coefficient (Wildman–Crippen LogP) is 4.93. The minimum Gasteiger partial charge on any atom is -0.493 e. The fraction of sp³-hybridized carbons (Fsp3) is 0.231. The molecule has 2 N–H and O–H groups in total. The summed E-state index contributed by atoms with van der Waals surface area (Å²) in [4.78, 5) is 24.1. The van der Waals surface area contributed by atoms with Crippen molar-refractivity contribution < 1.29 is 19.1 Å². The highest BCUT2D eigenvalue weighted by atomic mass is 16.5. The summed E-state index contributed by atoms with van der Waals surface area (Å²) in [5, 5.41) is 5.90. The van der Waals surface area contributed by atoms with Crippen LogP contribution in [0.4, 0.5) is 11.4 Å². The molecule has 0 saturated carbocycles. The van der Waals surface area contributed by atoms with Gasteiger partial charge in [-0.2, -0.15) is 0 Å². The van der Waals surface area contributed by atoms with E-state index in [0.717, 1.165) is 18.5 Å². The Hall–Kier alpha value is -3.80. The van der Waals surface area contributed by atoms with Crippen molar-refractivity contribution in [3.63, 3.8) is 0 Å². The average Bonchev–Trinajstić information content (AvgIpc) is 2.82. The monoisotopic (exact) mass is 432 g/mol. The molecule has 166 valence electrons. The van der Waals surface area contributed by atoms with Gasteiger partial charge in [0, 0.05) is 23.9 Å². The summed E-state index contributed by atoms with van der Waals surface area (Å²) < 4.78 is 10.9. The molecule has 0 aliphatic carbocycles. The van der Waals surface area contributed by atoms with Gasteiger partial charge in [-0.15, -0.1) is 0 Å². The molecule has 0 aliphatic heterocycles. The fourth-order valence-electron chi connectivity index (χ4n) is 2.98. The van der Waals surface area contributed by atoms with E-state index in [-0.39, 0.29) is 18.4 Å². The Morgan fingerprint density at radius 1 is 0.844 bits per heavy atom. The first kappa shape index (κ1) is 22.9. The Morgan fingerprint density at radius 2 is 1.62 bits per heavy atom. The zero-order valence-electron chi connectivity index (χ0n) is 18.2. The number of amides is 1. The third-order valence-corrected chi connectivity index (χ3v) is 4.63. The van der Waals surface area contributed by atoms with Crippen LogP contribution in [-0.2, 0) is 16.0 Å². The first-order chi connectivity index (χ1) is 15.6. The lowest BCUT2D eigenvalue weighted by Gasteiger charge is -2.11. The van der Waals surface area contributed by atoms with Crippen LogP contribution in [0.3, 0.4) is 0 Å². The van der Waals surface area contributed by atoms with Gasteiger partial charge in [0.15, 0.2) is 0 Å². The molecule has 3 rings (SSSR count). The van der Waals surface area contributed by atoms with Crippen molar-refractivity contribution in [1.29, 1.82) is 0 Å². The van der Waals surface area contributed by atoms with Crippen LogP contribution >= 0.6 is 0 Å². The van der Waals surface area contributed by atoms with E-state index in [1.807, 2.05) is 43.3 Å². The van der Waals surface area contributed by atoms with Gasteiger partial charge in [-0.05, 0) is 48.4 Å². The third kappa shape index (κ3) is 7.47. The molecule has 3 aromatic rings. The number of esters is 1. The molecule has 6 heteroatoms. The van der Waals surface area contributed by atoms with E-state index in [1.165, 1.54) is 5.56 Å². The number of carbonyl (C=O) groups is 2. The number of ether oxygens (including phenoxy) is 2. The molecule has 32 heavy (non-hydrogen) atoms. The van der Waals surface area contributed by atoms with Crippen molar-refractivity contribution >= 4 is 23.3 Å². The lowest BCUT2D eigenvalue weighted by molar-refractivity contribution is -0.114. The average molecular weight is 433 g/mol. The minimum absolute atomic E-state index is 0.0960. The summed E-state index contributed by atoms with van der Waals surface area (Å²) >= 11 is 0. The second-order valence-electron chi connectivity index (χ2n) is 7.23. The molecule has 0 unspecified atom stereocenters. The lowest BCUT2D eigenvalue weighted by Crippen LogP contribution is -2.21. The van der Waals surface area contributed by atoms with Crippen LogP contribution in [0, 0.1) is 0 Å². The number of benzene rings is 3. The largest absolute Gasteiger partial charge is 0.493 e. The molecule has 6 nitrogen and oxygen atoms in total. The Balaban J connectivity index is 1.43. The predicted molar refractivity (Wildman–Crippen MR) is 126 cm³/mol. The van der Waals surface area contributed by atoms with E-state index in [4.69, 9.17) is 9.47 Å². The highest BCUT2D eigenvalue weighted by molar-refractivity contribution is 5.94. The van der Waals surface area contributed by atoms with E-state index >= 15 is 0 Å². The van der Waals surface area contributed by atoms with Crippen molar-refractivity contribution in [2.45, 2.75) is 19.8 Å². The Bertz CT molecular complexity index is 1000. The van der Waals surface area contributed by atoms with Crippen LogP contribution in [0.2, 0.25) is 0 Å².